The van der Waals surface area contributed by atoms with Crippen molar-refractivity contribution in [1.82, 2.24) is 4.90 Å². The van der Waals surface area contributed by atoms with Gasteiger partial charge in [0.15, 0.2) is 0 Å². The van der Waals surface area contributed by atoms with Crippen LogP contribution in [0.1, 0.15) is 25.3 Å². The Kier molecular flexibility index (Phi) is 3.49. The summed E-state index contributed by atoms with van der Waals surface area (Å²) >= 11 is 5.65. The second kappa shape index (κ2) is 4.88. The molecule has 1 amide bonds. The average Bonchev–Trinajstić information content (AvgIpc) is 3.10. The third kappa shape index (κ3) is 2.76. The minimum Gasteiger partial charge on any atom is -0.322 e. The molecule has 0 radical (unpaired) electrons. The molecule has 1 aromatic carbocycles. The zero-order valence-corrected chi connectivity index (χ0v) is 10.2. The van der Waals surface area contributed by atoms with Crippen molar-refractivity contribution in [2.24, 2.45) is 5.92 Å². The molecule has 0 heterocycles. The third-order valence-electron chi connectivity index (χ3n) is 3.22. The van der Waals surface area contributed by atoms with Crippen LogP contribution < -0.4 is 0 Å². The van der Waals surface area contributed by atoms with E-state index in [1.54, 1.807) is 4.90 Å². The summed E-state index contributed by atoms with van der Waals surface area (Å²) in [7, 11) is 0. The third-order valence-corrected chi connectivity index (χ3v) is 3.43. The van der Waals surface area contributed by atoms with Gasteiger partial charge in [-0.15, -0.1) is 0 Å². The first-order valence-corrected chi connectivity index (χ1v) is 6.06. The quantitative estimate of drug-likeness (QED) is 0.578. The molecule has 1 atom stereocenters. The number of hydrogen-bond acceptors (Lipinski definition) is 1. The molecule has 0 aliphatic heterocycles. The van der Waals surface area contributed by atoms with Gasteiger partial charge in [0, 0.05) is 12.6 Å². The van der Waals surface area contributed by atoms with E-state index >= 15 is 0 Å². The van der Waals surface area contributed by atoms with E-state index in [4.69, 9.17) is 11.6 Å². The first-order chi connectivity index (χ1) is 7.68. The summed E-state index contributed by atoms with van der Waals surface area (Å²) in [6, 6.07) is 10.2. The molecule has 0 spiro atoms. The first-order valence-electron chi connectivity index (χ1n) is 5.68. The summed E-state index contributed by atoms with van der Waals surface area (Å²) < 4.78 is 0. The number of benzene rings is 1. The molecule has 1 aromatic rings. The summed E-state index contributed by atoms with van der Waals surface area (Å²) in [4.78, 5) is 13.2. The van der Waals surface area contributed by atoms with Crippen molar-refractivity contribution >= 4 is 17.0 Å². The number of hydrogen-bond donors (Lipinski definition) is 0. The van der Waals surface area contributed by atoms with Crippen molar-refractivity contribution in [3.8, 4) is 0 Å². The number of carbonyl (C=O) groups excluding carboxylic acids is 1. The largest absolute Gasteiger partial charge is 0.322 e. The molecular weight excluding hydrogens is 222 g/mol. The number of rotatable bonds is 4. The molecule has 16 heavy (non-hydrogen) atoms. The van der Waals surface area contributed by atoms with Crippen molar-refractivity contribution < 1.29 is 4.79 Å². The molecule has 86 valence electrons. The van der Waals surface area contributed by atoms with E-state index < -0.39 is 0 Å². The van der Waals surface area contributed by atoms with Crippen LogP contribution in [0.2, 0.25) is 0 Å². The minimum atomic E-state index is -0.344. The fourth-order valence-electron chi connectivity index (χ4n) is 1.98. The second-order valence-corrected chi connectivity index (χ2v) is 4.77. The van der Waals surface area contributed by atoms with Crippen LogP contribution in [0.5, 0.6) is 0 Å². The van der Waals surface area contributed by atoms with Gasteiger partial charge in [0.1, 0.15) is 0 Å². The Hall–Kier alpha value is -1.02. The number of halogens is 1. The Morgan fingerprint density at radius 2 is 2.06 bits per heavy atom. The van der Waals surface area contributed by atoms with Gasteiger partial charge in [-0.2, -0.15) is 0 Å². The maximum Gasteiger partial charge on any atom is 0.316 e. The van der Waals surface area contributed by atoms with E-state index in [2.05, 4.69) is 6.92 Å². The first kappa shape index (κ1) is 11.5. The van der Waals surface area contributed by atoms with Gasteiger partial charge < -0.3 is 4.90 Å². The highest BCUT2D eigenvalue weighted by atomic mass is 35.5. The van der Waals surface area contributed by atoms with Gasteiger partial charge in [0.05, 0.1) is 0 Å². The predicted octanol–water partition coefficient (Wildman–Crippen LogP) is 3.65. The van der Waals surface area contributed by atoms with Crippen LogP contribution in [-0.4, -0.2) is 16.3 Å². The van der Waals surface area contributed by atoms with Gasteiger partial charge in [-0.25, -0.2) is 0 Å². The van der Waals surface area contributed by atoms with Crippen molar-refractivity contribution in [1.29, 1.82) is 0 Å². The fraction of sp³-hybridized carbons (Fsp3) is 0.462. The number of nitrogens with zero attached hydrogens (tertiary/aromatic N) is 1. The number of carbonyl (C=O) groups is 1. The highest BCUT2D eigenvalue weighted by Crippen LogP contribution is 2.36. The molecule has 0 N–H and O–H groups in total. The van der Waals surface area contributed by atoms with E-state index in [-0.39, 0.29) is 11.4 Å². The van der Waals surface area contributed by atoms with Crippen molar-refractivity contribution in [2.45, 2.75) is 32.4 Å². The SMILES string of the molecule is CC(C1CC1)N(Cc1ccccc1)C(=O)Cl. The molecule has 1 aliphatic carbocycles. The van der Waals surface area contributed by atoms with Gasteiger partial charge in [0.25, 0.3) is 0 Å². The molecule has 0 saturated heterocycles. The maximum absolute atomic E-state index is 11.4. The molecule has 1 fully saturated rings. The smallest absolute Gasteiger partial charge is 0.316 e. The van der Waals surface area contributed by atoms with Crippen LogP contribution in [0.15, 0.2) is 30.3 Å². The molecule has 1 saturated carbocycles. The van der Waals surface area contributed by atoms with Crippen LogP contribution in [0.4, 0.5) is 4.79 Å². The van der Waals surface area contributed by atoms with E-state index in [1.165, 1.54) is 12.8 Å². The topological polar surface area (TPSA) is 20.3 Å². The molecule has 0 aromatic heterocycles. The van der Waals surface area contributed by atoms with Gasteiger partial charge in [-0.05, 0) is 42.8 Å². The van der Waals surface area contributed by atoms with E-state index in [0.717, 1.165) is 5.56 Å². The van der Waals surface area contributed by atoms with E-state index in [0.29, 0.717) is 12.5 Å². The lowest BCUT2D eigenvalue weighted by Gasteiger charge is -2.27. The highest BCUT2D eigenvalue weighted by Gasteiger charge is 2.33. The number of amides is 1. The van der Waals surface area contributed by atoms with Crippen molar-refractivity contribution in [2.75, 3.05) is 0 Å². The van der Waals surface area contributed by atoms with Crippen LogP contribution in [0.3, 0.4) is 0 Å². The van der Waals surface area contributed by atoms with E-state index in [9.17, 15) is 4.79 Å². The van der Waals surface area contributed by atoms with Crippen LogP contribution in [-0.2, 0) is 6.54 Å². The monoisotopic (exact) mass is 237 g/mol. The Balaban J connectivity index is 2.05. The molecule has 2 rings (SSSR count). The molecule has 1 aliphatic rings. The normalized spacial score (nSPS) is 16.9. The molecule has 1 unspecified atom stereocenters. The lowest BCUT2D eigenvalue weighted by atomic mass is 10.1. The average molecular weight is 238 g/mol. The van der Waals surface area contributed by atoms with Crippen LogP contribution >= 0.6 is 11.6 Å². The Labute approximate surface area is 101 Å². The van der Waals surface area contributed by atoms with Crippen molar-refractivity contribution in [3.05, 3.63) is 35.9 Å². The van der Waals surface area contributed by atoms with Gasteiger partial charge in [0.2, 0.25) is 0 Å². The maximum atomic E-state index is 11.4. The van der Waals surface area contributed by atoms with Gasteiger partial charge in [-0.1, -0.05) is 30.3 Å². The van der Waals surface area contributed by atoms with Gasteiger partial charge >= 0.3 is 5.37 Å². The Morgan fingerprint density at radius 1 is 1.44 bits per heavy atom. The van der Waals surface area contributed by atoms with Gasteiger partial charge in [-0.3, -0.25) is 4.79 Å². The zero-order valence-electron chi connectivity index (χ0n) is 9.40. The lowest BCUT2D eigenvalue weighted by Crippen LogP contribution is -2.36. The molecule has 2 nitrogen and oxygen atoms in total. The summed E-state index contributed by atoms with van der Waals surface area (Å²) in [5.74, 6) is 0.645. The highest BCUT2D eigenvalue weighted by molar-refractivity contribution is 6.62. The predicted molar refractivity (Wildman–Crippen MR) is 65.4 cm³/mol. The van der Waals surface area contributed by atoms with Crippen LogP contribution in [0.25, 0.3) is 0 Å². The molecule has 0 bridgehead atoms. The Morgan fingerprint density at radius 3 is 2.56 bits per heavy atom. The van der Waals surface area contributed by atoms with Crippen molar-refractivity contribution in [3.63, 3.8) is 0 Å². The lowest BCUT2D eigenvalue weighted by molar-refractivity contribution is 0.191. The fourth-order valence-corrected chi connectivity index (χ4v) is 2.19. The van der Waals surface area contributed by atoms with Crippen LogP contribution in [0, 0.1) is 5.92 Å². The summed E-state index contributed by atoms with van der Waals surface area (Å²) in [5.41, 5.74) is 1.13. The molecular formula is C13H16ClNO. The molecule has 3 heteroatoms. The Bertz CT molecular complexity index is 361. The van der Waals surface area contributed by atoms with E-state index in [1.807, 2.05) is 30.3 Å². The zero-order chi connectivity index (χ0) is 11.5. The summed E-state index contributed by atoms with van der Waals surface area (Å²) in [6.07, 6.45) is 2.44. The second-order valence-electron chi connectivity index (χ2n) is 4.44. The standard InChI is InChI=1S/C13H16ClNO/c1-10(12-7-8-12)15(13(14)16)9-11-5-3-2-4-6-11/h2-6,10,12H,7-9H2,1H3. The summed E-state index contributed by atoms with van der Waals surface area (Å²) in [6.45, 7) is 2.70. The minimum absolute atomic E-state index is 0.255. The summed E-state index contributed by atoms with van der Waals surface area (Å²) in [5, 5.41) is -0.344.